The number of hydrogen-bond donors (Lipinski definition) is 2. The summed E-state index contributed by atoms with van der Waals surface area (Å²) in [5, 5.41) is 4.80. The van der Waals surface area contributed by atoms with Gasteiger partial charge in [0.15, 0.2) is 5.11 Å². The Morgan fingerprint density at radius 2 is 1.63 bits per heavy atom. The maximum atomic E-state index is 13.0. The SMILES string of the molecule is COc1ccc(CN(Cc2cc3cc(C)c(C)cc3[nH]c2=O)C(=S)Nc2cccc(OC)c2)cc1. The van der Waals surface area contributed by atoms with Crippen molar-refractivity contribution >= 4 is 33.9 Å². The van der Waals surface area contributed by atoms with Gasteiger partial charge >= 0.3 is 0 Å². The molecule has 0 spiro atoms. The molecule has 0 unspecified atom stereocenters. The maximum absolute atomic E-state index is 13.0. The van der Waals surface area contributed by atoms with Gasteiger partial charge in [-0.1, -0.05) is 18.2 Å². The molecule has 180 valence electrons. The van der Waals surface area contributed by atoms with Crippen molar-refractivity contribution in [1.82, 2.24) is 9.88 Å². The zero-order valence-corrected chi connectivity index (χ0v) is 21.2. The Bertz CT molecular complexity index is 1410. The molecule has 0 saturated carbocycles. The van der Waals surface area contributed by atoms with Gasteiger partial charge in [0, 0.05) is 29.4 Å². The molecule has 4 aromatic rings. The minimum Gasteiger partial charge on any atom is -0.497 e. The van der Waals surface area contributed by atoms with Gasteiger partial charge in [-0.2, -0.15) is 0 Å². The molecule has 7 heteroatoms. The van der Waals surface area contributed by atoms with E-state index in [0.717, 1.165) is 39.2 Å². The number of aromatic amines is 1. The topological polar surface area (TPSA) is 66.6 Å². The number of thiocarbonyl (C=S) groups is 1. The second-order valence-corrected chi connectivity index (χ2v) is 8.90. The summed E-state index contributed by atoms with van der Waals surface area (Å²) in [7, 11) is 3.27. The fraction of sp³-hybridized carbons (Fsp3) is 0.214. The highest BCUT2D eigenvalue weighted by Crippen LogP contribution is 2.21. The van der Waals surface area contributed by atoms with Crippen LogP contribution in [-0.2, 0) is 13.1 Å². The Labute approximate surface area is 210 Å². The molecule has 0 bridgehead atoms. The molecule has 3 aromatic carbocycles. The van der Waals surface area contributed by atoms with Gasteiger partial charge in [0.2, 0.25) is 0 Å². The lowest BCUT2D eigenvalue weighted by molar-refractivity contribution is 0.406. The number of benzene rings is 3. The van der Waals surface area contributed by atoms with Gasteiger partial charge in [-0.05, 0) is 90.6 Å². The van der Waals surface area contributed by atoms with Gasteiger partial charge in [0.05, 0.1) is 20.8 Å². The summed E-state index contributed by atoms with van der Waals surface area (Å²) in [4.78, 5) is 18.0. The number of rotatable bonds is 7. The number of nitrogens with one attached hydrogen (secondary N) is 2. The van der Waals surface area contributed by atoms with E-state index in [2.05, 4.69) is 23.3 Å². The highest BCUT2D eigenvalue weighted by atomic mass is 32.1. The number of fused-ring (bicyclic) bond motifs is 1. The van der Waals surface area contributed by atoms with Gasteiger partial charge in [-0.25, -0.2) is 0 Å². The van der Waals surface area contributed by atoms with E-state index >= 15 is 0 Å². The van der Waals surface area contributed by atoms with Gasteiger partial charge in [-0.3, -0.25) is 4.79 Å². The van der Waals surface area contributed by atoms with E-state index < -0.39 is 0 Å². The molecule has 0 atom stereocenters. The fourth-order valence-corrected chi connectivity index (χ4v) is 4.15. The molecule has 1 aromatic heterocycles. The molecule has 2 N–H and O–H groups in total. The van der Waals surface area contributed by atoms with Crippen LogP contribution in [0.25, 0.3) is 10.9 Å². The van der Waals surface area contributed by atoms with Crippen LogP contribution >= 0.6 is 12.2 Å². The lowest BCUT2D eigenvalue weighted by Crippen LogP contribution is -2.35. The van der Waals surface area contributed by atoms with Crippen LogP contribution in [0.4, 0.5) is 5.69 Å². The molecule has 0 aliphatic rings. The van der Waals surface area contributed by atoms with Crippen molar-refractivity contribution in [2.45, 2.75) is 26.9 Å². The Balaban J connectivity index is 1.66. The van der Waals surface area contributed by atoms with E-state index in [9.17, 15) is 4.79 Å². The summed E-state index contributed by atoms with van der Waals surface area (Å²) in [5.74, 6) is 1.52. The average molecular weight is 488 g/mol. The number of hydrogen-bond acceptors (Lipinski definition) is 4. The predicted molar refractivity (Wildman–Crippen MR) is 145 cm³/mol. The monoisotopic (exact) mass is 487 g/mol. The highest BCUT2D eigenvalue weighted by molar-refractivity contribution is 7.80. The summed E-state index contributed by atoms with van der Waals surface area (Å²) < 4.78 is 10.6. The predicted octanol–water partition coefficient (Wildman–Crippen LogP) is 5.56. The summed E-state index contributed by atoms with van der Waals surface area (Å²) in [6.07, 6.45) is 0. The third-order valence-electron chi connectivity index (χ3n) is 6.04. The van der Waals surface area contributed by atoms with Crippen LogP contribution in [0, 0.1) is 13.8 Å². The summed E-state index contributed by atoms with van der Waals surface area (Å²) in [5.41, 5.74) is 5.54. The lowest BCUT2D eigenvalue weighted by Gasteiger charge is -2.26. The van der Waals surface area contributed by atoms with Crippen LogP contribution in [0.3, 0.4) is 0 Å². The molecular formula is C28H29N3O3S. The van der Waals surface area contributed by atoms with Crippen molar-refractivity contribution < 1.29 is 9.47 Å². The third kappa shape index (κ3) is 5.81. The van der Waals surface area contributed by atoms with E-state index in [1.165, 1.54) is 5.56 Å². The minimum atomic E-state index is -0.121. The number of H-pyrrole nitrogens is 1. The zero-order chi connectivity index (χ0) is 24.9. The molecular weight excluding hydrogens is 458 g/mol. The second-order valence-electron chi connectivity index (χ2n) is 8.51. The lowest BCUT2D eigenvalue weighted by atomic mass is 10.0. The van der Waals surface area contributed by atoms with Crippen LogP contribution < -0.4 is 20.3 Å². The van der Waals surface area contributed by atoms with E-state index in [-0.39, 0.29) is 5.56 Å². The first kappa shape index (κ1) is 24.3. The van der Waals surface area contributed by atoms with Crippen molar-refractivity contribution in [3.63, 3.8) is 0 Å². The van der Waals surface area contributed by atoms with Crippen LogP contribution in [0.15, 0.2) is 71.5 Å². The number of anilines is 1. The van der Waals surface area contributed by atoms with Gasteiger partial charge < -0.3 is 24.7 Å². The Kier molecular flexibility index (Phi) is 7.36. The molecule has 0 fully saturated rings. The first-order valence-corrected chi connectivity index (χ1v) is 11.7. The first-order chi connectivity index (χ1) is 16.9. The normalized spacial score (nSPS) is 10.7. The van der Waals surface area contributed by atoms with Gasteiger partial charge in [-0.15, -0.1) is 0 Å². The Morgan fingerprint density at radius 1 is 0.914 bits per heavy atom. The van der Waals surface area contributed by atoms with Crippen molar-refractivity contribution in [2.24, 2.45) is 0 Å². The molecule has 1 heterocycles. The quantitative estimate of drug-likeness (QED) is 0.333. The van der Waals surface area contributed by atoms with Crippen LogP contribution in [0.2, 0.25) is 0 Å². The third-order valence-corrected chi connectivity index (χ3v) is 6.40. The van der Waals surface area contributed by atoms with Crippen molar-refractivity contribution in [3.05, 3.63) is 99.3 Å². The standard InChI is InChI=1S/C28H29N3O3S/c1-18-12-21-14-22(27(32)30-26(21)13-19(18)2)17-31(16-20-8-10-24(33-3)11-9-20)28(35)29-23-6-5-7-25(15-23)34-4/h5-15H,16-17H2,1-4H3,(H,29,35)(H,30,32). The molecule has 0 amide bonds. The van der Waals surface area contributed by atoms with Crippen LogP contribution in [0.1, 0.15) is 22.3 Å². The summed E-state index contributed by atoms with van der Waals surface area (Å²) in [6.45, 7) is 4.98. The van der Waals surface area contributed by atoms with Gasteiger partial charge in [0.1, 0.15) is 11.5 Å². The molecule has 0 saturated heterocycles. The number of ether oxygens (including phenoxy) is 2. The van der Waals surface area contributed by atoms with E-state index in [4.69, 9.17) is 21.7 Å². The number of aryl methyl sites for hydroxylation is 2. The molecule has 0 aliphatic carbocycles. The summed E-state index contributed by atoms with van der Waals surface area (Å²) >= 11 is 5.80. The Morgan fingerprint density at radius 3 is 2.34 bits per heavy atom. The minimum absolute atomic E-state index is 0.121. The highest BCUT2D eigenvalue weighted by Gasteiger charge is 2.15. The van der Waals surface area contributed by atoms with E-state index in [1.54, 1.807) is 14.2 Å². The van der Waals surface area contributed by atoms with Gasteiger partial charge in [0.25, 0.3) is 5.56 Å². The average Bonchev–Trinajstić information content (AvgIpc) is 2.85. The number of methoxy groups -OCH3 is 2. The molecule has 0 aliphatic heterocycles. The zero-order valence-electron chi connectivity index (χ0n) is 20.3. The van der Waals surface area contributed by atoms with Crippen molar-refractivity contribution in [2.75, 3.05) is 19.5 Å². The molecule has 4 rings (SSSR count). The van der Waals surface area contributed by atoms with Crippen LogP contribution in [-0.4, -0.2) is 29.2 Å². The molecule has 0 radical (unpaired) electrons. The largest absolute Gasteiger partial charge is 0.497 e. The first-order valence-electron chi connectivity index (χ1n) is 11.3. The smallest absolute Gasteiger partial charge is 0.253 e. The fourth-order valence-electron chi connectivity index (χ4n) is 3.90. The maximum Gasteiger partial charge on any atom is 0.253 e. The van der Waals surface area contributed by atoms with Crippen molar-refractivity contribution in [1.29, 1.82) is 0 Å². The number of nitrogens with zero attached hydrogens (tertiary/aromatic N) is 1. The number of pyridine rings is 1. The second kappa shape index (κ2) is 10.6. The van der Waals surface area contributed by atoms with Crippen molar-refractivity contribution in [3.8, 4) is 11.5 Å². The molecule has 35 heavy (non-hydrogen) atoms. The number of aromatic nitrogens is 1. The van der Waals surface area contributed by atoms with E-state index in [0.29, 0.717) is 23.8 Å². The van der Waals surface area contributed by atoms with Crippen LogP contribution in [0.5, 0.6) is 11.5 Å². The van der Waals surface area contributed by atoms with E-state index in [1.807, 2.05) is 72.5 Å². The summed E-state index contributed by atoms with van der Waals surface area (Å²) in [6, 6.07) is 21.5. The molecule has 6 nitrogen and oxygen atoms in total. The Hall–Kier alpha value is -3.84.